The topological polar surface area (TPSA) is 85.8 Å². The molecule has 0 unspecified atom stereocenters. The van der Waals surface area contributed by atoms with Crippen LogP contribution < -0.4 is 11.1 Å². The molecule has 2 aromatic rings. The predicted molar refractivity (Wildman–Crippen MR) is 77.5 cm³/mol. The van der Waals surface area contributed by atoms with Gasteiger partial charge in [-0.15, -0.1) is 0 Å². The molecule has 6 nitrogen and oxygen atoms in total. The van der Waals surface area contributed by atoms with Crippen LogP contribution in [-0.2, 0) is 4.79 Å². The van der Waals surface area contributed by atoms with E-state index in [1.165, 1.54) is 6.33 Å². The summed E-state index contributed by atoms with van der Waals surface area (Å²) in [4.78, 5) is 16.0. The average Bonchev–Trinajstić information content (AvgIpc) is 3.01. The number of amides is 1. The van der Waals surface area contributed by atoms with E-state index >= 15 is 0 Å². The zero-order chi connectivity index (χ0) is 14.6. The summed E-state index contributed by atoms with van der Waals surface area (Å²) in [7, 11) is 0. The maximum Gasteiger partial charge on any atom is 0.244 e. The predicted octanol–water partition coefficient (Wildman–Crippen LogP) is 1.72. The molecule has 1 heterocycles. The van der Waals surface area contributed by atoms with Gasteiger partial charge < -0.3 is 11.1 Å². The Morgan fingerprint density at radius 1 is 1.30 bits per heavy atom. The van der Waals surface area contributed by atoms with E-state index in [2.05, 4.69) is 15.4 Å². The van der Waals surface area contributed by atoms with E-state index in [4.69, 9.17) is 5.73 Å². The van der Waals surface area contributed by atoms with Crippen LogP contribution in [0.3, 0.4) is 0 Å². The van der Waals surface area contributed by atoms with Gasteiger partial charge in [-0.05, 0) is 37.1 Å². The first kappa shape index (κ1) is 14.2. The van der Waals surface area contributed by atoms with E-state index in [9.17, 15) is 4.79 Å². The first-order valence-electron chi connectivity index (χ1n) is 6.64. The molecular weight excluding hydrogens is 254 g/mol. The third-order valence-electron chi connectivity index (χ3n) is 3.52. The molecule has 2 rings (SSSR count). The van der Waals surface area contributed by atoms with E-state index in [0.29, 0.717) is 12.8 Å². The van der Waals surface area contributed by atoms with Gasteiger partial charge >= 0.3 is 0 Å². The highest BCUT2D eigenvalue weighted by Crippen LogP contribution is 2.17. The molecule has 1 amide bonds. The molecule has 0 saturated carbocycles. The Morgan fingerprint density at radius 3 is 2.45 bits per heavy atom. The number of rotatable bonds is 5. The van der Waals surface area contributed by atoms with Crippen LogP contribution in [0.25, 0.3) is 5.69 Å². The Morgan fingerprint density at radius 2 is 1.95 bits per heavy atom. The van der Waals surface area contributed by atoms with Gasteiger partial charge in [0.1, 0.15) is 12.7 Å². The van der Waals surface area contributed by atoms with Crippen LogP contribution in [0.2, 0.25) is 0 Å². The van der Waals surface area contributed by atoms with Crippen molar-refractivity contribution < 1.29 is 4.79 Å². The van der Waals surface area contributed by atoms with Gasteiger partial charge in [-0.1, -0.05) is 13.8 Å². The Balaban J connectivity index is 2.10. The van der Waals surface area contributed by atoms with E-state index in [1.807, 2.05) is 38.1 Å². The number of hydrogen-bond donors (Lipinski definition) is 2. The normalized spacial score (nSPS) is 11.3. The minimum absolute atomic E-state index is 0.156. The van der Waals surface area contributed by atoms with Crippen LogP contribution in [0, 0.1) is 0 Å². The smallest absolute Gasteiger partial charge is 0.244 e. The first-order valence-corrected chi connectivity index (χ1v) is 6.64. The molecule has 106 valence electrons. The van der Waals surface area contributed by atoms with Crippen molar-refractivity contribution in [2.45, 2.75) is 32.2 Å². The summed E-state index contributed by atoms with van der Waals surface area (Å²) < 4.78 is 1.65. The lowest BCUT2D eigenvalue weighted by Crippen LogP contribution is -2.50. The second-order valence-corrected chi connectivity index (χ2v) is 4.70. The van der Waals surface area contributed by atoms with Gasteiger partial charge in [-0.2, -0.15) is 5.10 Å². The molecule has 0 aliphatic carbocycles. The number of benzene rings is 1. The van der Waals surface area contributed by atoms with Crippen LogP contribution in [0.1, 0.15) is 26.7 Å². The molecule has 1 aromatic carbocycles. The molecule has 1 aromatic heterocycles. The summed E-state index contributed by atoms with van der Waals surface area (Å²) >= 11 is 0. The number of nitrogens with zero attached hydrogens (tertiary/aromatic N) is 3. The number of nitrogens with one attached hydrogen (secondary N) is 1. The lowest BCUT2D eigenvalue weighted by molar-refractivity contribution is -0.121. The highest BCUT2D eigenvalue weighted by molar-refractivity contribution is 5.97. The zero-order valence-electron chi connectivity index (χ0n) is 11.7. The van der Waals surface area contributed by atoms with E-state index in [-0.39, 0.29) is 5.91 Å². The summed E-state index contributed by atoms with van der Waals surface area (Å²) in [5.74, 6) is -0.156. The minimum atomic E-state index is -0.815. The number of carbonyl (C=O) groups excluding carboxylic acids is 1. The summed E-state index contributed by atoms with van der Waals surface area (Å²) in [5.41, 5.74) is 6.84. The molecule has 3 N–H and O–H groups in total. The van der Waals surface area contributed by atoms with Gasteiger partial charge in [-0.3, -0.25) is 4.79 Å². The molecular formula is C14H19N5O. The summed E-state index contributed by atoms with van der Waals surface area (Å²) in [5, 5.41) is 6.89. The lowest BCUT2D eigenvalue weighted by Gasteiger charge is -2.25. The molecule has 0 spiro atoms. The van der Waals surface area contributed by atoms with Crippen molar-refractivity contribution in [1.82, 2.24) is 14.8 Å². The van der Waals surface area contributed by atoms with Crippen LogP contribution in [0.15, 0.2) is 36.9 Å². The van der Waals surface area contributed by atoms with Crippen molar-refractivity contribution in [3.63, 3.8) is 0 Å². The van der Waals surface area contributed by atoms with Gasteiger partial charge in [0.15, 0.2) is 0 Å². The number of nitrogens with two attached hydrogens (primary N) is 1. The minimum Gasteiger partial charge on any atom is -0.324 e. The van der Waals surface area contributed by atoms with Crippen molar-refractivity contribution in [1.29, 1.82) is 0 Å². The highest BCUT2D eigenvalue weighted by atomic mass is 16.2. The number of aromatic nitrogens is 3. The Labute approximate surface area is 118 Å². The van der Waals surface area contributed by atoms with Crippen molar-refractivity contribution in [3.05, 3.63) is 36.9 Å². The largest absolute Gasteiger partial charge is 0.324 e. The maximum absolute atomic E-state index is 12.1. The fourth-order valence-electron chi connectivity index (χ4n) is 1.87. The van der Waals surface area contributed by atoms with Gasteiger partial charge in [0.2, 0.25) is 5.91 Å². The number of anilines is 1. The van der Waals surface area contributed by atoms with Crippen molar-refractivity contribution >= 4 is 11.6 Å². The van der Waals surface area contributed by atoms with Gasteiger partial charge in [0.25, 0.3) is 0 Å². The summed E-state index contributed by atoms with van der Waals surface area (Å²) in [6.45, 7) is 3.83. The second kappa shape index (κ2) is 5.83. The monoisotopic (exact) mass is 273 g/mol. The Bertz CT molecular complexity index is 558. The zero-order valence-corrected chi connectivity index (χ0v) is 11.7. The maximum atomic E-state index is 12.1. The molecule has 0 fully saturated rings. The van der Waals surface area contributed by atoms with Crippen molar-refractivity contribution in [2.75, 3.05) is 5.32 Å². The van der Waals surface area contributed by atoms with Crippen molar-refractivity contribution in [2.24, 2.45) is 5.73 Å². The first-order chi connectivity index (χ1) is 9.59. The summed E-state index contributed by atoms with van der Waals surface area (Å²) in [6, 6.07) is 7.36. The fourth-order valence-corrected chi connectivity index (χ4v) is 1.87. The van der Waals surface area contributed by atoms with Gasteiger partial charge in [0, 0.05) is 5.69 Å². The van der Waals surface area contributed by atoms with Crippen LogP contribution in [-0.4, -0.2) is 26.2 Å². The van der Waals surface area contributed by atoms with Crippen LogP contribution in [0.5, 0.6) is 0 Å². The van der Waals surface area contributed by atoms with Crippen LogP contribution >= 0.6 is 0 Å². The molecule has 20 heavy (non-hydrogen) atoms. The second-order valence-electron chi connectivity index (χ2n) is 4.70. The third kappa shape index (κ3) is 2.85. The van der Waals surface area contributed by atoms with E-state index < -0.39 is 5.54 Å². The lowest BCUT2D eigenvalue weighted by atomic mass is 9.93. The van der Waals surface area contributed by atoms with E-state index in [0.717, 1.165) is 11.4 Å². The van der Waals surface area contributed by atoms with E-state index in [1.54, 1.807) is 11.0 Å². The average molecular weight is 273 g/mol. The highest BCUT2D eigenvalue weighted by Gasteiger charge is 2.29. The number of carbonyl (C=O) groups is 1. The third-order valence-corrected chi connectivity index (χ3v) is 3.52. The molecule has 0 atom stereocenters. The fraction of sp³-hybridized carbons (Fsp3) is 0.357. The molecule has 6 heteroatoms. The Hall–Kier alpha value is -2.21. The molecule has 0 bridgehead atoms. The Kier molecular flexibility index (Phi) is 4.14. The summed E-state index contributed by atoms with van der Waals surface area (Å²) in [6.07, 6.45) is 4.30. The van der Waals surface area contributed by atoms with Gasteiger partial charge in [-0.25, -0.2) is 9.67 Å². The molecule has 0 radical (unpaired) electrons. The SMILES string of the molecule is CCC(N)(CC)C(=O)Nc1ccc(-n2cncn2)cc1. The molecule has 0 saturated heterocycles. The standard InChI is InChI=1S/C14H19N5O/c1-3-14(15,4-2)13(20)18-11-5-7-12(8-6-11)19-10-16-9-17-19/h5-10H,3-4,15H2,1-2H3,(H,18,20). The molecule has 0 aliphatic heterocycles. The van der Waals surface area contributed by atoms with Crippen LogP contribution in [0.4, 0.5) is 5.69 Å². The van der Waals surface area contributed by atoms with Gasteiger partial charge in [0.05, 0.1) is 11.2 Å². The quantitative estimate of drug-likeness (QED) is 0.868. The van der Waals surface area contributed by atoms with Crippen molar-refractivity contribution in [3.8, 4) is 5.69 Å². The number of hydrogen-bond acceptors (Lipinski definition) is 4. The molecule has 0 aliphatic rings.